The third kappa shape index (κ3) is 3.61. The summed E-state index contributed by atoms with van der Waals surface area (Å²) in [7, 11) is 0. The molecule has 1 unspecified atom stereocenters. The molecule has 0 aliphatic heterocycles. The van der Waals surface area contributed by atoms with Crippen molar-refractivity contribution in [1.82, 2.24) is 5.32 Å². The lowest BCUT2D eigenvalue weighted by Gasteiger charge is -2.30. The number of aliphatic carboxylic acids is 1. The van der Waals surface area contributed by atoms with Crippen molar-refractivity contribution in [2.24, 2.45) is 5.11 Å². The van der Waals surface area contributed by atoms with Crippen LogP contribution in [0.4, 0.5) is 0 Å². The molecule has 0 saturated heterocycles. The van der Waals surface area contributed by atoms with Crippen LogP contribution in [0.25, 0.3) is 10.4 Å². The molecule has 1 aromatic carbocycles. The fourth-order valence-corrected chi connectivity index (χ4v) is 2.09. The highest BCUT2D eigenvalue weighted by Crippen LogP contribution is 2.27. The van der Waals surface area contributed by atoms with Gasteiger partial charge in [0.1, 0.15) is 5.54 Å². The van der Waals surface area contributed by atoms with E-state index in [1.54, 1.807) is 31.2 Å². The molecule has 0 aromatic heterocycles. The third-order valence-electron chi connectivity index (χ3n) is 2.91. The summed E-state index contributed by atoms with van der Waals surface area (Å²) < 4.78 is 0. The summed E-state index contributed by atoms with van der Waals surface area (Å²) >= 11 is 5.91. The number of azide groups is 1. The standard InChI is InChI=1S/C12H15ClN4O2/c1-2-12(11(18)19,15-6-7-16-17-14)9-4-3-5-10(13)8-9/h3-5,8,15H,2,6-7H2,1H3,(H,18,19). The van der Waals surface area contributed by atoms with E-state index in [1.165, 1.54) is 0 Å². The normalized spacial score (nSPS) is 13.4. The van der Waals surface area contributed by atoms with Crippen LogP contribution in [0.3, 0.4) is 0 Å². The van der Waals surface area contributed by atoms with Crippen LogP contribution in [0.5, 0.6) is 0 Å². The number of carboxylic acids is 1. The highest BCUT2D eigenvalue weighted by atomic mass is 35.5. The lowest BCUT2D eigenvalue weighted by atomic mass is 9.87. The topological polar surface area (TPSA) is 98.1 Å². The Hall–Kier alpha value is -1.75. The van der Waals surface area contributed by atoms with Gasteiger partial charge in [0.2, 0.25) is 0 Å². The SMILES string of the molecule is CCC(NCCN=[N+]=[N-])(C(=O)O)c1cccc(Cl)c1. The zero-order valence-corrected chi connectivity index (χ0v) is 11.3. The fourth-order valence-electron chi connectivity index (χ4n) is 1.90. The molecule has 102 valence electrons. The van der Waals surface area contributed by atoms with Gasteiger partial charge in [0.15, 0.2) is 0 Å². The van der Waals surface area contributed by atoms with Gasteiger partial charge < -0.3 is 5.11 Å². The third-order valence-corrected chi connectivity index (χ3v) is 3.15. The maximum absolute atomic E-state index is 11.6. The Morgan fingerprint density at radius 2 is 2.37 bits per heavy atom. The summed E-state index contributed by atoms with van der Waals surface area (Å²) in [4.78, 5) is 14.2. The van der Waals surface area contributed by atoms with Crippen molar-refractivity contribution < 1.29 is 9.90 Å². The molecule has 2 N–H and O–H groups in total. The Labute approximate surface area is 116 Å². The Balaban J connectivity index is 3.04. The smallest absolute Gasteiger partial charge is 0.328 e. The molecular weight excluding hydrogens is 268 g/mol. The summed E-state index contributed by atoms with van der Waals surface area (Å²) in [6.07, 6.45) is 0.346. The van der Waals surface area contributed by atoms with Crippen LogP contribution >= 0.6 is 11.6 Å². The number of hydrogen-bond acceptors (Lipinski definition) is 3. The first-order valence-corrected chi connectivity index (χ1v) is 6.20. The van der Waals surface area contributed by atoms with Crippen LogP contribution in [0.2, 0.25) is 5.02 Å². The van der Waals surface area contributed by atoms with Crippen LogP contribution in [0, 0.1) is 0 Å². The van der Waals surface area contributed by atoms with E-state index in [2.05, 4.69) is 15.3 Å². The molecule has 1 rings (SSSR count). The van der Waals surface area contributed by atoms with Gasteiger partial charge in [0, 0.05) is 23.0 Å². The molecule has 0 fully saturated rings. The lowest BCUT2D eigenvalue weighted by Crippen LogP contribution is -2.49. The molecule has 0 bridgehead atoms. The first-order chi connectivity index (χ1) is 9.06. The largest absolute Gasteiger partial charge is 0.480 e. The molecule has 0 amide bonds. The van der Waals surface area contributed by atoms with Crippen LogP contribution < -0.4 is 5.32 Å². The number of carbonyl (C=O) groups is 1. The van der Waals surface area contributed by atoms with Crippen LogP contribution in [-0.2, 0) is 10.3 Å². The second-order valence-corrected chi connectivity index (χ2v) is 4.39. The summed E-state index contributed by atoms with van der Waals surface area (Å²) in [6, 6.07) is 6.73. The molecule has 1 aromatic rings. The number of rotatable bonds is 7. The minimum absolute atomic E-state index is 0.187. The second kappa shape index (κ2) is 6.99. The van der Waals surface area contributed by atoms with E-state index in [1.807, 2.05) is 0 Å². The summed E-state index contributed by atoms with van der Waals surface area (Å²) in [5, 5.41) is 16.3. The molecule has 0 spiro atoms. The van der Waals surface area contributed by atoms with E-state index in [9.17, 15) is 9.90 Å². The minimum atomic E-state index is -1.23. The average molecular weight is 283 g/mol. The molecule has 6 nitrogen and oxygen atoms in total. The predicted octanol–water partition coefficient (Wildman–Crippen LogP) is 2.93. The Bertz CT molecular complexity index is 502. The van der Waals surface area contributed by atoms with E-state index in [4.69, 9.17) is 17.1 Å². The van der Waals surface area contributed by atoms with Gasteiger partial charge in [-0.15, -0.1) is 0 Å². The van der Waals surface area contributed by atoms with Gasteiger partial charge in [-0.1, -0.05) is 35.8 Å². The van der Waals surface area contributed by atoms with Gasteiger partial charge in [0.05, 0.1) is 0 Å². The molecule has 0 aliphatic carbocycles. The number of benzene rings is 1. The van der Waals surface area contributed by atoms with Gasteiger partial charge in [-0.2, -0.15) is 0 Å². The van der Waals surface area contributed by atoms with Gasteiger partial charge >= 0.3 is 5.97 Å². The van der Waals surface area contributed by atoms with Crippen LogP contribution in [-0.4, -0.2) is 24.2 Å². The molecule has 7 heteroatoms. The highest BCUT2D eigenvalue weighted by Gasteiger charge is 2.38. The zero-order chi connectivity index (χ0) is 14.3. The van der Waals surface area contributed by atoms with Gasteiger partial charge in [-0.25, -0.2) is 4.79 Å². The predicted molar refractivity (Wildman–Crippen MR) is 73.1 cm³/mol. The van der Waals surface area contributed by atoms with Gasteiger partial charge in [-0.05, 0) is 29.6 Å². The van der Waals surface area contributed by atoms with E-state index in [0.29, 0.717) is 17.0 Å². The first kappa shape index (κ1) is 15.3. The number of halogens is 1. The van der Waals surface area contributed by atoms with Crippen molar-refractivity contribution in [3.05, 3.63) is 45.3 Å². The quantitative estimate of drug-likeness (QED) is 0.348. The highest BCUT2D eigenvalue weighted by molar-refractivity contribution is 6.30. The summed E-state index contributed by atoms with van der Waals surface area (Å²) in [5.41, 5.74) is 7.57. The van der Waals surface area contributed by atoms with Crippen molar-refractivity contribution >= 4 is 17.6 Å². The van der Waals surface area contributed by atoms with Crippen molar-refractivity contribution in [3.8, 4) is 0 Å². The van der Waals surface area contributed by atoms with Crippen LogP contribution in [0.1, 0.15) is 18.9 Å². The minimum Gasteiger partial charge on any atom is -0.480 e. The van der Waals surface area contributed by atoms with E-state index in [0.717, 1.165) is 0 Å². The number of hydrogen-bond donors (Lipinski definition) is 2. The van der Waals surface area contributed by atoms with Crippen LogP contribution in [0.15, 0.2) is 29.4 Å². The van der Waals surface area contributed by atoms with E-state index in [-0.39, 0.29) is 13.1 Å². The van der Waals surface area contributed by atoms with Gasteiger partial charge in [-0.3, -0.25) is 5.32 Å². The molecule has 1 atom stereocenters. The Morgan fingerprint density at radius 3 is 2.89 bits per heavy atom. The van der Waals surface area contributed by atoms with Crippen molar-refractivity contribution in [2.45, 2.75) is 18.9 Å². The maximum atomic E-state index is 11.6. The van der Waals surface area contributed by atoms with Crippen molar-refractivity contribution in [1.29, 1.82) is 0 Å². The van der Waals surface area contributed by atoms with Crippen molar-refractivity contribution in [2.75, 3.05) is 13.1 Å². The molecule has 0 radical (unpaired) electrons. The fraction of sp³-hybridized carbons (Fsp3) is 0.417. The average Bonchev–Trinajstić information content (AvgIpc) is 2.39. The van der Waals surface area contributed by atoms with E-state index < -0.39 is 11.5 Å². The monoisotopic (exact) mass is 282 g/mol. The summed E-state index contributed by atoms with van der Waals surface area (Å²) in [5.74, 6) is -0.988. The summed E-state index contributed by atoms with van der Waals surface area (Å²) in [6.45, 7) is 2.23. The van der Waals surface area contributed by atoms with Crippen molar-refractivity contribution in [3.63, 3.8) is 0 Å². The lowest BCUT2D eigenvalue weighted by molar-refractivity contribution is -0.145. The number of carboxylic acid groups (broad SMARTS) is 1. The Morgan fingerprint density at radius 1 is 1.63 bits per heavy atom. The zero-order valence-electron chi connectivity index (χ0n) is 10.5. The second-order valence-electron chi connectivity index (χ2n) is 3.96. The first-order valence-electron chi connectivity index (χ1n) is 5.82. The van der Waals surface area contributed by atoms with E-state index >= 15 is 0 Å². The molecule has 19 heavy (non-hydrogen) atoms. The maximum Gasteiger partial charge on any atom is 0.328 e. The molecule has 0 heterocycles. The molecular formula is C12H15ClN4O2. The number of nitrogens with one attached hydrogen (secondary N) is 1. The molecule has 0 saturated carbocycles. The Kier molecular flexibility index (Phi) is 5.63. The molecule has 0 aliphatic rings. The number of nitrogens with zero attached hydrogens (tertiary/aromatic N) is 3. The van der Waals surface area contributed by atoms with Gasteiger partial charge in [0.25, 0.3) is 0 Å².